The van der Waals surface area contributed by atoms with Crippen LogP contribution in [-0.4, -0.2) is 11.0 Å². The Labute approximate surface area is 103 Å². The molecule has 3 heteroatoms. The normalized spacial score (nSPS) is 10.9. The Hall–Kier alpha value is -2.55. The van der Waals surface area contributed by atoms with Crippen LogP contribution in [-0.2, 0) is 0 Å². The molecule has 0 spiro atoms. The number of hydrogen-bond donors (Lipinski definition) is 2. The van der Waals surface area contributed by atoms with Crippen molar-refractivity contribution < 1.29 is 9.90 Å². The van der Waals surface area contributed by atoms with Gasteiger partial charge in [-0.2, -0.15) is 0 Å². The second-order valence-electron chi connectivity index (χ2n) is 4.21. The van der Waals surface area contributed by atoms with Gasteiger partial charge in [0.2, 0.25) is 0 Å². The van der Waals surface area contributed by atoms with E-state index in [0.29, 0.717) is 5.39 Å². The van der Waals surface area contributed by atoms with Gasteiger partial charge in [0.25, 0.3) is 5.91 Å². The second-order valence-corrected chi connectivity index (χ2v) is 4.21. The number of rotatable bonds is 1. The van der Waals surface area contributed by atoms with Crippen LogP contribution in [0.4, 0.5) is 0 Å². The minimum absolute atomic E-state index is 0.0502. The van der Waals surface area contributed by atoms with Crippen LogP contribution in [0.25, 0.3) is 21.5 Å². The topological polar surface area (TPSA) is 63.3 Å². The van der Waals surface area contributed by atoms with Crippen molar-refractivity contribution in [2.24, 2.45) is 5.73 Å². The van der Waals surface area contributed by atoms with E-state index >= 15 is 0 Å². The van der Waals surface area contributed by atoms with Crippen molar-refractivity contribution in [3.8, 4) is 5.75 Å². The zero-order chi connectivity index (χ0) is 12.7. The molecule has 3 nitrogen and oxygen atoms in total. The Balaban J connectivity index is 2.48. The largest absolute Gasteiger partial charge is 0.506 e. The summed E-state index contributed by atoms with van der Waals surface area (Å²) in [6.07, 6.45) is 0. The second kappa shape index (κ2) is 3.74. The fraction of sp³-hybridized carbons (Fsp3) is 0. The van der Waals surface area contributed by atoms with Crippen LogP contribution >= 0.6 is 0 Å². The first-order valence-corrected chi connectivity index (χ1v) is 5.62. The highest BCUT2D eigenvalue weighted by Gasteiger charge is 2.11. The third-order valence-corrected chi connectivity index (χ3v) is 3.16. The lowest BCUT2D eigenvalue weighted by Crippen LogP contribution is -2.10. The predicted molar refractivity (Wildman–Crippen MR) is 71.6 cm³/mol. The van der Waals surface area contributed by atoms with Gasteiger partial charge in [-0.3, -0.25) is 4.79 Å². The van der Waals surface area contributed by atoms with E-state index < -0.39 is 5.91 Å². The quantitative estimate of drug-likeness (QED) is 0.639. The van der Waals surface area contributed by atoms with E-state index in [0.717, 1.165) is 16.2 Å². The van der Waals surface area contributed by atoms with E-state index in [4.69, 9.17) is 5.73 Å². The van der Waals surface area contributed by atoms with Gasteiger partial charge in [0.05, 0.1) is 5.56 Å². The summed E-state index contributed by atoms with van der Waals surface area (Å²) in [4.78, 5) is 11.2. The number of benzene rings is 3. The summed E-state index contributed by atoms with van der Waals surface area (Å²) in [6, 6.07) is 15.0. The molecule has 88 valence electrons. The highest BCUT2D eigenvalue weighted by molar-refractivity contribution is 6.12. The highest BCUT2D eigenvalue weighted by Crippen LogP contribution is 2.33. The van der Waals surface area contributed by atoms with Crippen LogP contribution in [0.5, 0.6) is 5.75 Å². The average Bonchev–Trinajstić information content (AvgIpc) is 2.38. The number of phenols is 1. The number of primary amides is 1. The molecule has 0 heterocycles. The van der Waals surface area contributed by atoms with E-state index in [1.807, 2.05) is 36.4 Å². The van der Waals surface area contributed by atoms with E-state index in [1.165, 1.54) is 0 Å². The van der Waals surface area contributed by atoms with Gasteiger partial charge in [0.1, 0.15) is 5.75 Å². The van der Waals surface area contributed by atoms with Crippen molar-refractivity contribution in [3.63, 3.8) is 0 Å². The number of fused-ring (bicyclic) bond motifs is 3. The summed E-state index contributed by atoms with van der Waals surface area (Å²) < 4.78 is 0. The number of amides is 1. The Morgan fingerprint density at radius 3 is 2.39 bits per heavy atom. The summed E-state index contributed by atoms with van der Waals surface area (Å²) >= 11 is 0. The molecule has 18 heavy (non-hydrogen) atoms. The smallest absolute Gasteiger partial charge is 0.252 e. The number of nitrogens with two attached hydrogens (primary N) is 1. The number of carbonyl (C=O) groups is 1. The Kier molecular flexibility index (Phi) is 2.20. The molecule has 0 aromatic heterocycles. The first kappa shape index (κ1) is 10.6. The lowest BCUT2D eigenvalue weighted by Gasteiger charge is -2.08. The maximum atomic E-state index is 11.2. The molecule has 0 saturated heterocycles. The zero-order valence-electron chi connectivity index (χ0n) is 9.55. The van der Waals surface area contributed by atoms with Gasteiger partial charge >= 0.3 is 0 Å². The number of hydrogen-bond acceptors (Lipinski definition) is 2. The molecule has 0 saturated carbocycles. The SMILES string of the molecule is NC(=O)c1ccc2c(ccc3ccccc32)c1O. The molecule has 3 rings (SSSR count). The maximum absolute atomic E-state index is 11.2. The summed E-state index contributed by atoms with van der Waals surface area (Å²) in [7, 11) is 0. The third kappa shape index (κ3) is 1.41. The van der Waals surface area contributed by atoms with Gasteiger partial charge in [-0.05, 0) is 28.3 Å². The number of carbonyl (C=O) groups excluding carboxylic acids is 1. The Morgan fingerprint density at radius 1 is 0.889 bits per heavy atom. The van der Waals surface area contributed by atoms with E-state index in [2.05, 4.69) is 0 Å². The summed E-state index contributed by atoms with van der Waals surface area (Å²) in [5, 5.41) is 13.8. The lowest BCUT2D eigenvalue weighted by molar-refractivity contribution is 0.0998. The van der Waals surface area contributed by atoms with Crippen molar-refractivity contribution in [2.45, 2.75) is 0 Å². The highest BCUT2D eigenvalue weighted by atomic mass is 16.3. The maximum Gasteiger partial charge on any atom is 0.252 e. The molecule has 0 atom stereocenters. The van der Waals surface area contributed by atoms with Crippen LogP contribution in [0.3, 0.4) is 0 Å². The van der Waals surface area contributed by atoms with Gasteiger partial charge in [0, 0.05) is 5.39 Å². The van der Waals surface area contributed by atoms with Crippen molar-refractivity contribution in [3.05, 3.63) is 54.1 Å². The Bertz CT molecular complexity index is 778. The molecule has 0 aliphatic heterocycles. The van der Waals surface area contributed by atoms with Crippen molar-refractivity contribution in [1.82, 2.24) is 0 Å². The van der Waals surface area contributed by atoms with Crippen LogP contribution in [0, 0.1) is 0 Å². The van der Waals surface area contributed by atoms with Crippen molar-refractivity contribution in [1.29, 1.82) is 0 Å². The van der Waals surface area contributed by atoms with Crippen molar-refractivity contribution >= 4 is 27.5 Å². The van der Waals surface area contributed by atoms with Crippen LogP contribution in [0.1, 0.15) is 10.4 Å². The fourth-order valence-electron chi connectivity index (χ4n) is 2.27. The molecule has 3 aromatic rings. The van der Waals surface area contributed by atoms with Gasteiger partial charge in [-0.25, -0.2) is 0 Å². The fourth-order valence-corrected chi connectivity index (χ4v) is 2.27. The summed E-state index contributed by atoms with van der Waals surface area (Å²) in [5.74, 6) is -0.673. The average molecular weight is 237 g/mol. The predicted octanol–water partition coefficient (Wildman–Crippen LogP) is 2.80. The molecule has 1 amide bonds. The monoisotopic (exact) mass is 237 g/mol. The van der Waals surface area contributed by atoms with Crippen LogP contribution in [0.2, 0.25) is 0 Å². The standard InChI is InChI=1S/C15H11NO2/c16-15(18)13-8-7-11-10-4-2-1-3-9(10)5-6-12(11)14(13)17/h1-8,17H,(H2,16,18). The first-order chi connectivity index (χ1) is 8.68. The summed E-state index contributed by atoms with van der Waals surface area (Å²) in [5.41, 5.74) is 5.37. The molecule has 3 N–H and O–H groups in total. The van der Waals surface area contributed by atoms with Crippen LogP contribution < -0.4 is 5.73 Å². The molecule has 0 fully saturated rings. The van der Waals surface area contributed by atoms with E-state index in [1.54, 1.807) is 12.1 Å². The van der Waals surface area contributed by atoms with Gasteiger partial charge in [-0.15, -0.1) is 0 Å². The molecule has 0 aliphatic rings. The van der Waals surface area contributed by atoms with Crippen LogP contribution in [0.15, 0.2) is 48.5 Å². The molecule has 0 radical (unpaired) electrons. The molecule has 0 bridgehead atoms. The van der Waals surface area contributed by atoms with Gasteiger partial charge < -0.3 is 10.8 Å². The molecule has 0 aliphatic carbocycles. The molecule has 0 unspecified atom stereocenters. The molecular formula is C15H11NO2. The summed E-state index contributed by atoms with van der Waals surface area (Å²) in [6.45, 7) is 0. The number of aromatic hydroxyl groups is 1. The lowest BCUT2D eigenvalue weighted by atomic mass is 9.99. The van der Waals surface area contributed by atoms with Gasteiger partial charge in [-0.1, -0.05) is 36.4 Å². The van der Waals surface area contributed by atoms with Crippen molar-refractivity contribution in [2.75, 3.05) is 0 Å². The minimum Gasteiger partial charge on any atom is -0.506 e. The van der Waals surface area contributed by atoms with Gasteiger partial charge in [0.15, 0.2) is 0 Å². The first-order valence-electron chi connectivity index (χ1n) is 5.62. The zero-order valence-corrected chi connectivity index (χ0v) is 9.55. The molecule has 3 aromatic carbocycles. The van der Waals surface area contributed by atoms with E-state index in [9.17, 15) is 9.90 Å². The Morgan fingerprint density at radius 2 is 1.61 bits per heavy atom. The molecular weight excluding hydrogens is 226 g/mol. The van der Waals surface area contributed by atoms with E-state index in [-0.39, 0.29) is 11.3 Å². The minimum atomic E-state index is -0.623. The third-order valence-electron chi connectivity index (χ3n) is 3.16.